The van der Waals surface area contributed by atoms with Gasteiger partial charge in [-0.15, -0.1) is 0 Å². The maximum atomic E-state index is 14.0. The zero-order valence-corrected chi connectivity index (χ0v) is 13.0. The largest absolute Gasteiger partial charge is 0.493 e. The Morgan fingerprint density at radius 1 is 1.15 bits per heavy atom. The Morgan fingerprint density at radius 3 is 2.40 bits per heavy atom. The van der Waals surface area contributed by atoms with Crippen LogP contribution in [0.3, 0.4) is 0 Å². The third-order valence-corrected chi connectivity index (χ3v) is 3.52. The smallest absolute Gasteiger partial charge is 0.163 e. The third kappa shape index (κ3) is 5.00. The first-order chi connectivity index (χ1) is 9.62. The summed E-state index contributed by atoms with van der Waals surface area (Å²) in [6.07, 6.45) is 2.81. The molecule has 1 atom stereocenters. The van der Waals surface area contributed by atoms with E-state index in [0.717, 1.165) is 32.4 Å². The Labute approximate surface area is 121 Å². The van der Waals surface area contributed by atoms with Gasteiger partial charge in [0.1, 0.15) is 5.82 Å². The molecule has 0 amide bonds. The molecule has 1 aromatic rings. The maximum Gasteiger partial charge on any atom is 0.163 e. The van der Waals surface area contributed by atoms with Crippen molar-refractivity contribution in [3.8, 4) is 11.5 Å². The van der Waals surface area contributed by atoms with Crippen molar-refractivity contribution in [2.45, 2.75) is 33.1 Å². The van der Waals surface area contributed by atoms with Crippen LogP contribution >= 0.6 is 0 Å². The van der Waals surface area contributed by atoms with Crippen molar-refractivity contribution >= 4 is 0 Å². The standard InChI is InChI=1S/C16H26FNO2/c1-5-18-9-8-12(2)6-7-13-10-15(19-3)16(20-4)11-14(13)17/h10-12,18H,5-9H2,1-4H3. The molecule has 20 heavy (non-hydrogen) atoms. The summed E-state index contributed by atoms with van der Waals surface area (Å²) in [7, 11) is 3.08. The van der Waals surface area contributed by atoms with Gasteiger partial charge in [0, 0.05) is 6.07 Å². The second-order valence-corrected chi connectivity index (χ2v) is 5.08. The summed E-state index contributed by atoms with van der Waals surface area (Å²) in [6.45, 7) is 6.32. The molecule has 0 bridgehead atoms. The molecule has 0 heterocycles. The molecule has 0 aliphatic carbocycles. The highest BCUT2D eigenvalue weighted by atomic mass is 19.1. The van der Waals surface area contributed by atoms with Crippen molar-refractivity contribution in [1.82, 2.24) is 5.32 Å². The summed E-state index contributed by atoms with van der Waals surface area (Å²) in [6, 6.07) is 3.14. The summed E-state index contributed by atoms with van der Waals surface area (Å²) in [5.41, 5.74) is 0.693. The lowest BCUT2D eigenvalue weighted by Crippen LogP contribution is -2.16. The summed E-state index contributed by atoms with van der Waals surface area (Å²) in [5.74, 6) is 1.38. The fourth-order valence-corrected chi connectivity index (χ4v) is 2.16. The van der Waals surface area contributed by atoms with Gasteiger partial charge in [-0.2, -0.15) is 0 Å². The molecule has 0 fully saturated rings. The first-order valence-corrected chi connectivity index (χ1v) is 7.23. The van der Waals surface area contributed by atoms with Crippen molar-refractivity contribution in [2.24, 2.45) is 5.92 Å². The number of hydrogen-bond donors (Lipinski definition) is 1. The van der Waals surface area contributed by atoms with Crippen LogP contribution in [0.2, 0.25) is 0 Å². The van der Waals surface area contributed by atoms with Crippen LogP contribution in [-0.2, 0) is 6.42 Å². The average Bonchev–Trinajstić information content (AvgIpc) is 2.45. The molecular weight excluding hydrogens is 257 g/mol. The highest BCUT2D eigenvalue weighted by Gasteiger charge is 2.12. The van der Waals surface area contributed by atoms with Gasteiger partial charge in [0.05, 0.1) is 14.2 Å². The normalized spacial score (nSPS) is 12.2. The number of halogens is 1. The van der Waals surface area contributed by atoms with Gasteiger partial charge >= 0.3 is 0 Å². The molecule has 0 aliphatic rings. The van der Waals surface area contributed by atoms with E-state index in [2.05, 4.69) is 19.2 Å². The molecule has 1 unspecified atom stereocenters. The van der Waals surface area contributed by atoms with Crippen LogP contribution in [0.25, 0.3) is 0 Å². The van der Waals surface area contributed by atoms with E-state index in [1.807, 2.05) is 0 Å². The molecule has 1 rings (SSSR count). The Balaban J connectivity index is 2.59. The van der Waals surface area contributed by atoms with Gasteiger partial charge in [0.25, 0.3) is 0 Å². The minimum absolute atomic E-state index is 0.221. The summed E-state index contributed by atoms with van der Waals surface area (Å²) in [4.78, 5) is 0. The van der Waals surface area contributed by atoms with Crippen molar-refractivity contribution in [3.63, 3.8) is 0 Å². The maximum absolute atomic E-state index is 14.0. The van der Waals surface area contributed by atoms with E-state index in [9.17, 15) is 4.39 Å². The summed E-state index contributed by atoms with van der Waals surface area (Å²) >= 11 is 0. The average molecular weight is 283 g/mol. The van der Waals surface area contributed by atoms with Gasteiger partial charge in [-0.25, -0.2) is 4.39 Å². The number of benzene rings is 1. The molecule has 0 saturated carbocycles. The minimum atomic E-state index is -0.221. The number of hydrogen-bond acceptors (Lipinski definition) is 3. The molecule has 0 saturated heterocycles. The Bertz CT molecular complexity index is 410. The molecule has 3 nitrogen and oxygen atoms in total. The Kier molecular flexibility index (Phi) is 7.37. The number of methoxy groups -OCH3 is 2. The fourth-order valence-electron chi connectivity index (χ4n) is 2.16. The third-order valence-electron chi connectivity index (χ3n) is 3.52. The van der Waals surface area contributed by atoms with E-state index >= 15 is 0 Å². The fraction of sp³-hybridized carbons (Fsp3) is 0.625. The van der Waals surface area contributed by atoms with Crippen LogP contribution < -0.4 is 14.8 Å². The monoisotopic (exact) mass is 283 g/mol. The molecule has 0 spiro atoms. The Hall–Kier alpha value is -1.29. The van der Waals surface area contributed by atoms with E-state index < -0.39 is 0 Å². The molecule has 0 aliphatic heterocycles. The summed E-state index contributed by atoms with van der Waals surface area (Å²) < 4.78 is 24.3. The van der Waals surface area contributed by atoms with Gasteiger partial charge in [0.15, 0.2) is 11.5 Å². The molecule has 0 aromatic heterocycles. The first-order valence-electron chi connectivity index (χ1n) is 7.23. The summed E-state index contributed by atoms with van der Waals surface area (Å²) in [5, 5.41) is 3.31. The van der Waals surface area contributed by atoms with E-state index in [1.165, 1.54) is 13.2 Å². The number of aryl methyl sites for hydroxylation is 1. The van der Waals surface area contributed by atoms with Crippen LogP contribution in [0.1, 0.15) is 32.3 Å². The van der Waals surface area contributed by atoms with Gasteiger partial charge in [0.2, 0.25) is 0 Å². The highest BCUT2D eigenvalue weighted by Crippen LogP contribution is 2.30. The minimum Gasteiger partial charge on any atom is -0.493 e. The molecule has 114 valence electrons. The van der Waals surface area contributed by atoms with E-state index in [0.29, 0.717) is 23.0 Å². The van der Waals surface area contributed by atoms with E-state index in [4.69, 9.17) is 9.47 Å². The lowest BCUT2D eigenvalue weighted by Gasteiger charge is -2.14. The van der Waals surface area contributed by atoms with Crippen molar-refractivity contribution in [1.29, 1.82) is 0 Å². The highest BCUT2D eigenvalue weighted by molar-refractivity contribution is 5.43. The molecule has 0 radical (unpaired) electrons. The predicted molar refractivity (Wildman–Crippen MR) is 80.1 cm³/mol. The predicted octanol–water partition coefficient (Wildman–Crippen LogP) is 3.41. The lowest BCUT2D eigenvalue weighted by atomic mass is 9.97. The second kappa shape index (κ2) is 8.80. The number of rotatable bonds is 9. The van der Waals surface area contributed by atoms with Crippen LogP contribution in [0.5, 0.6) is 11.5 Å². The van der Waals surface area contributed by atoms with Crippen molar-refractivity contribution < 1.29 is 13.9 Å². The topological polar surface area (TPSA) is 30.5 Å². The zero-order valence-electron chi connectivity index (χ0n) is 13.0. The van der Waals surface area contributed by atoms with Gasteiger partial charge < -0.3 is 14.8 Å². The van der Waals surface area contributed by atoms with Gasteiger partial charge in [-0.1, -0.05) is 13.8 Å². The number of nitrogens with one attached hydrogen (secondary N) is 1. The first kappa shape index (κ1) is 16.8. The van der Waals surface area contributed by atoms with Gasteiger partial charge in [-0.3, -0.25) is 0 Å². The van der Waals surface area contributed by atoms with Gasteiger partial charge in [-0.05, 0) is 49.9 Å². The quantitative estimate of drug-likeness (QED) is 0.704. The Morgan fingerprint density at radius 2 is 1.80 bits per heavy atom. The second-order valence-electron chi connectivity index (χ2n) is 5.08. The van der Waals surface area contributed by atoms with Crippen molar-refractivity contribution in [3.05, 3.63) is 23.5 Å². The van der Waals surface area contributed by atoms with E-state index in [-0.39, 0.29) is 5.82 Å². The lowest BCUT2D eigenvalue weighted by molar-refractivity contribution is 0.351. The van der Waals surface area contributed by atoms with Crippen LogP contribution in [-0.4, -0.2) is 27.3 Å². The molecule has 4 heteroatoms. The van der Waals surface area contributed by atoms with Crippen LogP contribution in [0.4, 0.5) is 4.39 Å². The zero-order chi connectivity index (χ0) is 15.0. The molecule has 1 aromatic carbocycles. The van der Waals surface area contributed by atoms with Crippen LogP contribution in [0, 0.1) is 11.7 Å². The number of ether oxygens (including phenoxy) is 2. The van der Waals surface area contributed by atoms with Crippen molar-refractivity contribution in [2.75, 3.05) is 27.3 Å². The molecular formula is C16H26FNO2. The SMILES string of the molecule is CCNCCC(C)CCc1cc(OC)c(OC)cc1F. The van der Waals surface area contributed by atoms with E-state index in [1.54, 1.807) is 13.2 Å². The van der Waals surface area contributed by atoms with Crippen LogP contribution in [0.15, 0.2) is 12.1 Å². The molecule has 1 N–H and O–H groups in total.